The number of benzene rings is 3. The zero-order valence-electron chi connectivity index (χ0n) is 24.7. The van der Waals surface area contributed by atoms with Gasteiger partial charge < -0.3 is 10.6 Å². The Bertz CT molecular complexity index is 1110. The molecule has 3 aromatic rings. The van der Waals surface area contributed by atoms with Gasteiger partial charge in [0.2, 0.25) is 0 Å². The molecule has 0 saturated heterocycles. The summed E-state index contributed by atoms with van der Waals surface area (Å²) < 4.78 is 1.48. The van der Waals surface area contributed by atoms with Crippen molar-refractivity contribution in [3.63, 3.8) is 0 Å². The summed E-state index contributed by atoms with van der Waals surface area (Å²) in [4.78, 5) is 2.47. The monoisotopic (exact) mass is 622 g/mol. The molecule has 0 aliphatic rings. The molecule has 0 aliphatic carbocycles. The highest BCUT2D eigenvalue weighted by molar-refractivity contribution is 8.23. The average Bonchev–Trinajstić information content (AvgIpc) is 2.98. The summed E-state index contributed by atoms with van der Waals surface area (Å²) in [6.07, 6.45) is 14.8. The van der Waals surface area contributed by atoms with Gasteiger partial charge in [-0.2, -0.15) is 0 Å². The largest absolute Gasteiger partial charge is 0.347 e. The maximum atomic E-state index is 5.88. The molecule has 0 saturated carbocycles. The summed E-state index contributed by atoms with van der Waals surface area (Å²) >= 11 is 15.0. The second kappa shape index (κ2) is 20.1. The molecule has 0 radical (unpaired) electrons. The van der Waals surface area contributed by atoms with Crippen molar-refractivity contribution in [1.82, 2.24) is 10.6 Å². The first kappa shape index (κ1) is 33.6. The summed E-state index contributed by atoms with van der Waals surface area (Å²) in [7, 11) is 0. The van der Waals surface area contributed by atoms with E-state index in [1.165, 1.54) is 85.1 Å². The minimum absolute atomic E-state index is 0.210. The van der Waals surface area contributed by atoms with Crippen LogP contribution in [-0.2, 0) is 12.8 Å². The van der Waals surface area contributed by atoms with Gasteiger partial charge in [0.15, 0.2) is 0 Å². The molecule has 0 spiro atoms. The lowest BCUT2D eigenvalue weighted by atomic mass is 10.1. The van der Waals surface area contributed by atoms with E-state index in [4.69, 9.17) is 24.4 Å². The van der Waals surface area contributed by atoms with Gasteiger partial charge in [0.25, 0.3) is 0 Å². The molecular formula is C35H46N2S4. The maximum Gasteiger partial charge on any atom is 0.140 e. The van der Waals surface area contributed by atoms with Crippen molar-refractivity contribution < 1.29 is 0 Å². The molecule has 0 unspecified atom stereocenters. The van der Waals surface area contributed by atoms with Crippen LogP contribution in [0.2, 0.25) is 0 Å². The SMILES string of the molecule is CCCCCCCc1ccccc1SC(=S)NC(NC(=S)Sc1ccccc1CCCCCCC)c1ccccc1. The van der Waals surface area contributed by atoms with Gasteiger partial charge in [0.05, 0.1) is 0 Å². The van der Waals surface area contributed by atoms with Crippen LogP contribution in [0.3, 0.4) is 0 Å². The van der Waals surface area contributed by atoms with E-state index < -0.39 is 0 Å². The molecule has 0 heterocycles. The van der Waals surface area contributed by atoms with E-state index in [2.05, 4.69) is 97.3 Å². The number of thioether (sulfide) groups is 2. The van der Waals surface area contributed by atoms with Gasteiger partial charge in [0.1, 0.15) is 14.8 Å². The van der Waals surface area contributed by atoms with Gasteiger partial charge >= 0.3 is 0 Å². The Labute approximate surface area is 268 Å². The Morgan fingerprint density at radius 2 is 0.976 bits per heavy atom. The predicted octanol–water partition coefficient (Wildman–Crippen LogP) is 11.0. The fraction of sp³-hybridized carbons (Fsp3) is 0.429. The van der Waals surface area contributed by atoms with Crippen LogP contribution >= 0.6 is 48.0 Å². The number of rotatable bonds is 17. The van der Waals surface area contributed by atoms with Crippen LogP contribution in [0.1, 0.15) is 101 Å². The first-order chi connectivity index (χ1) is 20.1. The molecule has 3 aromatic carbocycles. The van der Waals surface area contributed by atoms with Crippen LogP contribution in [0.5, 0.6) is 0 Å². The molecule has 0 bridgehead atoms. The third kappa shape index (κ3) is 12.9. The Morgan fingerprint density at radius 3 is 1.44 bits per heavy atom. The summed E-state index contributed by atoms with van der Waals surface area (Å²) in [6.45, 7) is 4.52. The predicted molar refractivity (Wildman–Crippen MR) is 190 cm³/mol. The summed E-state index contributed by atoms with van der Waals surface area (Å²) in [5, 5.41) is 7.12. The van der Waals surface area contributed by atoms with Crippen molar-refractivity contribution in [3.05, 3.63) is 95.6 Å². The fourth-order valence-electron chi connectivity index (χ4n) is 4.80. The molecule has 0 aromatic heterocycles. The molecule has 0 atom stereocenters. The van der Waals surface area contributed by atoms with Crippen LogP contribution in [0.25, 0.3) is 0 Å². The van der Waals surface area contributed by atoms with Gasteiger partial charge in [0, 0.05) is 9.79 Å². The number of thiocarbonyl (C=S) groups is 2. The van der Waals surface area contributed by atoms with Gasteiger partial charge in [-0.05, 0) is 54.5 Å². The Hall–Kier alpha value is -1.86. The molecular weight excluding hydrogens is 577 g/mol. The zero-order chi connectivity index (χ0) is 29.1. The smallest absolute Gasteiger partial charge is 0.140 e. The summed E-state index contributed by atoms with van der Waals surface area (Å²) in [5.74, 6) is 0. The van der Waals surface area contributed by atoms with Gasteiger partial charge in [-0.15, -0.1) is 0 Å². The van der Waals surface area contributed by atoms with Crippen molar-refractivity contribution in [2.24, 2.45) is 0 Å². The summed E-state index contributed by atoms with van der Waals surface area (Å²) in [5.41, 5.74) is 3.85. The second-order valence-electron chi connectivity index (χ2n) is 10.5. The quantitative estimate of drug-likeness (QED) is 0.0672. The van der Waals surface area contributed by atoms with Crippen LogP contribution in [-0.4, -0.2) is 8.64 Å². The van der Waals surface area contributed by atoms with Crippen LogP contribution in [0.4, 0.5) is 0 Å². The van der Waals surface area contributed by atoms with E-state index in [-0.39, 0.29) is 6.17 Å². The first-order valence-corrected chi connectivity index (χ1v) is 17.7. The maximum absolute atomic E-state index is 5.88. The average molecular weight is 623 g/mol. The van der Waals surface area contributed by atoms with Crippen molar-refractivity contribution in [1.29, 1.82) is 0 Å². The topological polar surface area (TPSA) is 24.1 Å². The highest BCUT2D eigenvalue weighted by Gasteiger charge is 2.17. The number of hydrogen-bond donors (Lipinski definition) is 2. The standard InChI is InChI=1S/C35H46N2S4/c1-3-5-7-9-12-20-28-22-16-18-26-31(28)40-34(38)36-33(30-24-14-11-15-25-30)37-35(39)41-32-27-19-17-23-29(32)21-13-10-8-6-4-2/h11,14-19,22-27,33H,3-10,12-13,20-21H2,1-2H3,(H,36,38)(H,37,39). The number of nitrogens with one attached hydrogen (secondary N) is 2. The minimum Gasteiger partial charge on any atom is -0.347 e. The molecule has 0 fully saturated rings. The van der Waals surface area contributed by atoms with Gasteiger partial charge in [-0.25, -0.2) is 0 Å². The van der Waals surface area contributed by atoms with Crippen molar-refractivity contribution in [2.45, 2.75) is 107 Å². The van der Waals surface area contributed by atoms with E-state index >= 15 is 0 Å². The third-order valence-corrected chi connectivity index (χ3v) is 9.69. The molecule has 41 heavy (non-hydrogen) atoms. The fourth-order valence-corrected chi connectivity index (χ4v) is 7.22. The molecule has 0 amide bonds. The van der Waals surface area contributed by atoms with E-state index in [0.29, 0.717) is 0 Å². The molecule has 0 aliphatic heterocycles. The van der Waals surface area contributed by atoms with E-state index in [1.54, 1.807) is 23.5 Å². The molecule has 2 nitrogen and oxygen atoms in total. The van der Waals surface area contributed by atoms with E-state index in [1.807, 2.05) is 6.07 Å². The zero-order valence-corrected chi connectivity index (χ0v) is 28.0. The Morgan fingerprint density at radius 1 is 0.561 bits per heavy atom. The molecule has 3 rings (SSSR count). The van der Waals surface area contributed by atoms with Crippen LogP contribution in [0.15, 0.2) is 88.7 Å². The Balaban J connectivity index is 1.62. The summed E-state index contributed by atoms with van der Waals surface area (Å²) in [6, 6.07) is 27.7. The lowest BCUT2D eigenvalue weighted by Gasteiger charge is -2.23. The van der Waals surface area contributed by atoms with Crippen molar-refractivity contribution in [2.75, 3.05) is 0 Å². The van der Waals surface area contributed by atoms with Gasteiger partial charge in [-0.3, -0.25) is 0 Å². The highest BCUT2D eigenvalue weighted by Crippen LogP contribution is 2.28. The molecule has 2 N–H and O–H groups in total. The van der Waals surface area contributed by atoms with Crippen LogP contribution in [0, 0.1) is 0 Å². The molecule has 220 valence electrons. The van der Waals surface area contributed by atoms with Crippen LogP contribution < -0.4 is 10.6 Å². The normalized spacial score (nSPS) is 11.0. The number of aryl methyl sites for hydroxylation is 2. The first-order valence-electron chi connectivity index (χ1n) is 15.3. The van der Waals surface area contributed by atoms with E-state index in [0.717, 1.165) is 27.0 Å². The Kier molecular flexibility index (Phi) is 16.5. The number of hydrogen-bond acceptors (Lipinski definition) is 4. The van der Waals surface area contributed by atoms with Gasteiger partial charge in [-0.1, -0.05) is 180 Å². The number of unbranched alkanes of at least 4 members (excludes halogenated alkanes) is 8. The second-order valence-corrected chi connectivity index (χ2v) is 13.9. The highest BCUT2D eigenvalue weighted by atomic mass is 32.2. The van der Waals surface area contributed by atoms with Crippen molar-refractivity contribution in [3.8, 4) is 0 Å². The third-order valence-electron chi connectivity index (χ3n) is 7.11. The lowest BCUT2D eigenvalue weighted by molar-refractivity contribution is 0.625. The minimum atomic E-state index is -0.210. The van der Waals surface area contributed by atoms with Crippen molar-refractivity contribution >= 4 is 56.6 Å². The van der Waals surface area contributed by atoms with E-state index in [9.17, 15) is 0 Å². The molecule has 6 heteroatoms. The lowest BCUT2D eigenvalue weighted by Crippen LogP contribution is -2.38.